The van der Waals surface area contributed by atoms with Crippen molar-refractivity contribution in [1.82, 2.24) is 26.2 Å². The van der Waals surface area contributed by atoms with Gasteiger partial charge < -0.3 is 64.9 Å². The largest absolute Gasteiger partial charge is 0.382 e. The third kappa shape index (κ3) is 28.8. The van der Waals surface area contributed by atoms with Gasteiger partial charge in [0.05, 0.1) is 99.1 Å². The number of carbonyl (C=O) groups is 6. The van der Waals surface area contributed by atoms with Crippen LogP contribution < -0.4 is 27.0 Å². The molecule has 0 spiro atoms. The maximum Gasteiger partial charge on any atom is 0.253 e. The Balaban J connectivity index is 2.12. The van der Waals surface area contributed by atoms with Gasteiger partial charge in [-0.3, -0.25) is 33.7 Å². The molecule has 322 valence electrons. The number of ether oxygens (including phenoxy) is 8. The van der Waals surface area contributed by atoms with Crippen LogP contribution in [0, 0.1) is 0 Å². The monoisotopic (exact) mass is 804 g/mol. The van der Waals surface area contributed by atoms with Gasteiger partial charge in [0.2, 0.25) is 23.6 Å². The molecule has 56 heavy (non-hydrogen) atoms. The maximum absolute atomic E-state index is 12.9. The van der Waals surface area contributed by atoms with Gasteiger partial charge in [0.15, 0.2) is 0 Å². The molecule has 1 aliphatic rings. The molecule has 1 aliphatic heterocycles. The normalized spacial score (nSPS) is 12.9. The highest BCUT2D eigenvalue weighted by Crippen LogP contribution is 2.06. The Morgan fingerprint density at radius 1 is 0.571 bits per heavy atom. The van der Waals surface area contributed by atoms with Gasteiger partial charge in [0, 0.05) is 71.2 Å². The molecule has 0 saturated heterocycles. The molecule has 0 radical (unpaired) electrons. The van der Waals surface area contributed by atoms with Crippen LogP contribution in [0.15, 0.2) is 12.2 Å². The summed E-state index contributed by atoms with van der Waals surface area (Å²) in [5.41, 5.74) is 5.38. The molecule has 0 unspecified atom stereocenters. The Bertz CT molecular complexity index is 1110. The van der Waals surface area contributed by atoms with Gasteiger partial charge in [0.25, 0.3) is 11.8 Å². The van der Waals surface area contributed by atoms with E-state index in [1.54, 1.807) is 7.11 Å². The summed E-state index contributed by atoms with van der Waals surface area (Å²) < 4.78 is 42.9. The topological polar surface area (TPSA) is 254 Å². The first-order valence-corrected chi connectivity index (χ1v) is 19.2. The van der Waals surface area contributed by atoms with Crippen LogP contribution in [0.2, 0.25) is 0 Å². The fraction of sp³-hybridized carbons (Fsp3) is 0.778. The minimum absolute atomic E-state index is 0.0220. The number of imide groups is 1. The van der Waals surface area contributed by atoms with Gasteiger partial charge in [-0.2, -0.15) is 0 Å². The van der Waals surface area contributed by atoms with Crippen LogP contribution in [-0.2, 0) is 66.7 Å². The van der Waals surface area contributed by atoms with Crippen LogP contribution in [-0.4, -0.2) is 185 Å². The lowest BCUT2D eigenvalue weighted by atomic mass is 10.1. The van der Waals surface area contributed by atoms with E-state index in [0.29, 0.717) is 112 Å². The second-order valence-electron chi connectivity index (χ2n) is 12.1. The van der Waals surface area contributed by atoms with Crippen molar-refractivity contribution in [2.24, 2.45) is 5.73 Å². The predicted octanol–water partition coefficient (Wildman–Crippen LogP) is -2.19. The molecular weight excluding hydrogens is 740 g/mol. The molecule has 0 saturated carbocycles. The second-order valence-corrected chi connectivity index (χ2v) is 12.1. The molecule has 0 aliphatic carbocycles. The second kappa shape index (κ2) is 35.8. The summed E-state index contributed by atoms with van der Waals surface area (Å²) in [4.78, 5) is 74.3. The van der Waals surface area contributed by atoms with E-state index in [9.17, 15) is 28.8 Å². The fourth-order valence-electron chi connectivity index (χ4n) is 4.66. The van der Waals surface area contributed by atoms with E-state index < -0.39 is 29.7 Å². The third-order valence-electron chi connectivity index (χ3n) is 7.58. The molecule has 6 amide bonds. The van der Waals surface area contributed by atoms with Gasteiger partial charge in [0.1, 0.15) is 6.04 Å². The highest BCUT2D eigenvalue weighted by molar-refractivity contribution is 6.12. The Labute approximate surface area is 329 Å². The van der Waals surface area contributed by atoms with E-state index in [4.69, 9.17) is 43.6 Å². The summed E-state index contributed by atoms with van der Waals surface area (Å²) in [6, 6.07) is -1.01. The first kappa shape index (κ1) is 50.4. The van der Waals surface area contributed by atoms with Crippen LogP contribution in [0.3, 0.4) is 0 Å². The Morgan fingerprint density at radius 3 is 1.52 bits per heavy atom. The number of nitrogens with one attached hydrogen (secondary N) is 4. The van der Waals surface area contributed by atoms with Crippen molar-refractivity contribution in [3.63, 3.8) is 0 Å². The molecule has 0 bridgehead atoms. The van der Waals surface area contributed by atoms with Crippen LogP contribution in [0.25, 0.3) is 0 Å². The summed E-state index contributed by atoms with van der Waals surface area (Å²) in [5.74, 6) is -2.38. The average Bonchev–Trinajstić information content (AvgIpc) is 3.51. The van der Waals surface area contributed by atoms with Gasteiger partial charge in [-0.1, -0.05) is 0 Å². The molecule has 0 aromatic carbocycles. The summed E-state index contributed by atoms with van der Waals surface area (Å²) >= 11 is 0. The van der Waals surface area contributed by atoms with Crippen LogP contribution in [0.1, 0.15) is 38.5 Å². The first-order valence-electron chi connectivity index (χ1n) is 19.2. The number of carbonyl (C=O) groups excluding carboxylic acids is 6. The lowest BCUT2D eigenvalue weighted by molar-refractivity contribution is -0.137. The molecule has 1 heterocycles. The standard InChI is InChI=1S/C36H64N6O14/c1-49-16-17-51-20-21-53-24-25-55-28-29-56-27-26-54-23-22-52-19-18-50-15-13-39-32(44)7-6-30(36(48)40-11-2-4-31(43)38-12-10-37)41-33(45)5-3-14-42-34(46)8-9-35(42)47/h8-9,30H,2-7,10-29,37H2,1H3,(H,38,43)(H,39,44)(H,40,48)(H,41,45)/t30-/m0/s1. The molecule has 1 rings (SSSR count). The zero-order chi connectivity index (χ0) is 40.9. The number of hydrogen-bond acceptors (Lipinski definition) is 15. The highest BCUT2D eigenvalue weighted by atomic mass is 16.6. The minimum Gasteiger partial charge on any atom is -0.382 e. The molecule has 20 heteroatoms. The van der Waals surface area contributed by atoms with E-state index in [1.807, 2.05) is 0 Å². The lowest BCUT2D eigenvalue weighted by Gasteiger charge is -2.19. The number of nitrogens with two attached hydrogens (primary N) is 1. The smallest absolute Gasteiger partial charge is 0.253 e. The van der Waals surface area contributed by atoms with Gasteiger partial charge in [-0.15, -0.1) is 0 Å². The van der Waals surface area contributed by atoms with Crippen LogP contribution >= 0.6 is 0 Å². The Hall–Kier alpha value is -3.60. The number of hydrogen-bond donors (Lipinski definition) is 5. The van der Waals surface area contributed by atoms with Gasteiger partial charge >= 0.3 is 0 Å². The van der Waals surface area contributed by atoms with Crippen LogP contribution in [0.4, 0.5) is 0 Å². The number of amides is 6. The molecular formula is C36H64N6O14. The quantitative estimate of drug-likeness (QED) is 0.0327. The Kier molecular flexibility index (Phi) is 32.2. The van der Waals surface area contributed by atoms with Crippen molar-refractivity contribution in [2.45, 2.75) is 44.6 Å². The summed E-state index contributed by atoms with van der Waals surface area (Å²) in [7, 11) is 1.63. The number of methoxy groups -OCH3 is 1. The number of nitrogens with zero attached hydrogens (tertiary/aromatic N) is 1. The van der Waals surface area contributed by atoms with Gasteiger partial charge in [-0.25, -0.2) is 0 Å². The molecule has 1 atom stereocenters. The summed E-state index contributed by atoms with van der Waals surface area (Å²) in [6.07, 6.45) is 3.02. The maximum atomic E-state index is 12.9. The van der Waals surface area contributed by atoms with Crippen molar-refractivity contribution < 1.29 is 66.7 Å². The van der Waals surface area contributed by atoms with Crippen molar-refractivity contribution in [3.05, 3.63) is 12.2 Å². The van der Waals surface area contributed by atoms with E-state index in [0.717, 1.165) is 4.90 Å². The molecule has 0 aromatic rings. The van der Waals surface area contributed by atoms with E-state index in [-0.39, 0.29) is 70.2 Å². The van der Waals surface area contributed by atoms with E-state index in [1.165, 1.54) is 12.2 Å². The molecule has 0 aromatic heterocycles. The number of rotatable bonds is 39. The van der Waals surface area contributed by atoms with E-state index in [2.05, 4.69) is 21.3 Å². The predicted molar refractivity (Wildman–Crippen MR) is 201 cm³/mol. The highest BCUT2D eigenvalue weighted by Gasteiger charge is 2.24. The lowest BCUT2D eigenvalue weighted by Crippen LogP contribution is -2.47. The first-order chi connectivity index (χ1) is 27.3. The van der Waals surface area contributed by atoms with Crippen molar-refractivity contribution >= 4 is 35.4 Å². The summed E-state index contributed by atoms with van der Waals surface area (Å²) in [6.45, 7) is 7.84. The van der Waals surface area contributed by atoms with Gasteiger partial charge in [-0.05, 0) is 19.3 Å². The summed E-state index contributed by atoms with van der Waals surface area (Å²) in [5, 5.41) is 10.7. The molecule has 0 fully saturated rings. The van der Waals surface area contributed by atoms with Crippen LogP contribution in [0.5, 0.6) is 0 Å². The minimum atomic E-state index is -1.01. The molecule has 6 N–H and O–H groups in total. The Morgan fingerprint density at radius 2 is 1.02 bits per heavy atom. The fourth-order valence-corrected chi connectivity index (χ4v) is 4.66. The zero-order valence-corrected chi connectivity index (χ0v) is 32.9. The van der Waals surface area contributed by atoms with Crippen molar-refractivity contribution in [2.75, 3.05) is 139 Å². The van der Waals surface area contributed by atoms with E-state index >= 15 is 0 Å². The van der Waals surface area contributed by atoms with Crippen molar-refractivity contribution in [1.29, 1.82) is 0 Å². The molecule has 20 nitrogen and oxygen atoms in total. The SMILES string of the molecule is COCCOCCOCCOCCOCCOCCOCCOCCNC(=O)CC[C@H](NC(=O)CCCN1C(=O)C=CC1=O)C(=O)NCCCC(=O)NCCN. The zero-order valence-electron chi connectivity index (χ0n) is 32.9. The van der Waals surface area contributed by atoms with Crippen molar-refractivity contribution in [3.8, 4) is 0 Å². The average molecular weight is 805 g/mol. The third-order valence-corrected chi connectivity index (χ3v) is 7.58.